The number of ether oxygens (including phenoxy) is 1. The van der Waals surface area contributed by atoms with Crippen LogP contribution in [-0.2, 0) is 9.53 Å². The number of halogens is 3. The summed E-state index contributed by atoms with van der Waals surface area (Å²) in [6.07, 6.45) is -4.42. The number of hydrogen-bond acceptors (Lipinski definition) is 2. The van der Waals surface area contributed by atoms with Crippen molar-refractivity contribution >= 4 is 5.78 Å². The van der Waals surface area contributed by atoms with Gasteiger partial charge in [-0.15, -0.1) is 0 Å². The minimum Gasteiger partial charge on any atom is -0.368 e. The molecule has 0 bridgehead atoms. The lowest BCUT2D eigenvalue weighted by Crippen LogP contribution is -2.43. The van der Waals surface area contributed by atoms with Crippen LogP contribution in [0.25, 0.3) is 0 Å². The Labute approximate surface area is 86.8 Å². The number of rotatable bonds is 3. The van der Waals surface area contributed by atoms with Gasteiger partial charge >= 0.3 is 6.18 Å². The fourth-order valence-corrected chi connectivity index (χ4v) is 1.95. The van der Waals surface area contributed by atoms with Crippen LogP contribution in [0.15, 0.2) is 0 Å². The van der Waals surface area contributed by atoms with Gasteiger partial charge in [0.15, 0.2) is 6.10 Å². The molecule has 0 aliphatic heterocycles. The van der Waals surface area contributed by atoms with Crippen molar-refractivity contribution in [3.05, 3.63) is 0 Å². The lowest BCUT2D eigenvalue weighted by molar-refractivity contribution is -0.235. The SMILES string of the molecule is CCO[C@@H]([C@@H]1CCCCC1=O)C(F)(F)F. The third kappa shape index (κ3) is 3.19. The highest BCUT2D eigenvalue weighted by atomic mass is 19.4. The summed E-state index contributed by atoms with van der Waals surface area (Å²) in [6.45, 7) is 1.49. The molecule has 2 atom stereocenters. The van der Waals surface area contributed by atoms with Gasteiger partial charge in [-0.25, -0.2) is 0 Å². The minimum atomic E-state index is -4.44. The van der Waals surface area contributed by atoms with Gasteiger partial charge in [-0.1, -0.05) is 6.42 Å². The Hall–Kier alpha value is -0.580. The Kier molecular flexibility index (Phi) is 4.13. The van der Waals surface area contributed by atoms with E-state index in [-0.39, 0.29) is 18.8 Å². The topological polar surface area (TPSA) is 26.3 Å². The predicted molar refractivity (Wildman–Crippen MR) is 48.4 cm³/mol. The molecule has 2 nitrogen and oxygen atoms in total. The molecule has 0 radical (unpaired) electrons. The molecule has 0 aromatic carbocycles. The first kappa shape index (κ1) is 12.5. The Morgan fingerprint density at radius 2 is 2.13 bits per heavy atom. The van der Waals surface area contributed by atoms with E-state index >= 15 is 0 Å². The molecular weight excluding hydrogens is 209 g/mol. The van der Waals surface area contributed by atoms with Crippen LogP contribution in [0.1, 0.15) is 32.6 Å². The van der Waals surface area contributed by atoms with Gasteiger partial charge in [0.2, 0.25) is 0 Å². The molecule has 1 saturated carbocycles. The van der Waals surface area contributed by atoms with Crippen molar-refractivity contribution in [2.45, 2.75) is 44.9 Å². The normalized spacial score (nSPS) is 25.3. The Bertz CT molecular complexity index is 225. The average molecular weight is 224 g/mol. The monoisotopic (exact) mass is 224 g/mol. The van der Waals surface area contributed by atoms with Crippen LogP contribution in [0.3, 0.4) is 0 Å². The second kappa shape index (κ2) is 4.96. The van der Waals surface area contributed by atoms with Crippen molar-refractivity contribution in [2.75, 3.05) is 6.61 Å². The molecule has 5 heteroatoms. The van der Waals surface area contributed by atoms with Gasteiger partial charge in [0.1, 0.15) is 5.78 Å². The highest BCUT2D eigenvalue weighted by Gasteiger charge is 2.48. The van der Waals surface area contributed by atoms with E-state index < -0.39 is 18.2 Å². The molecule has 1 aliphatic carbocycles. The van der Waals surface area contributed by atoms with Crippen molar-refractivity contribution in [3.63, 3.8) is 0 Å². The van der Waals surface area contributed by atoms with E-state index in [1.807, 2.05) is 0 Å². The predicted octanol–water partition coefficient (Wildman–Crippen LogP) is 2.71. The van der Waals surface area contributed by atoms with Crippen molar-refractivity contribution in [1.82, 2.24) is 0 Å². The van der Waals surface area contributed by atoms with E-state index in [4.69, 9.17) is 0 Å². The van der Waals surface area contributed by atoms with Crippen molar-refractivity contribution in [2.24, 2.45) is 5.92 Å². The molecule has 0 amide bonds. The van der Waals surface area contributed by atoms with Gasteiger partial charge in [0, 0.05) is 13.0 Å². The smallest absolute Gasteiger partial charge is 0.368 e. The summed E-state index contributed by atoms with van der Waals surface area (Å²) >= 11 is 0. The quantitative estimate of drug-likeness (QED) is 0.736. The maximum atomic E-state index is 12.6. The zero-order chi connectivity index (χ0) is 11.5. The maximum Gasteiger partial charge on any atom is 0.415 e. The fourth-order valence-electron chi connectivity index (χ4n) is 1.95. The first-order chi connectivity index (χ1) is 6.96. The molecule has 0 heterocycles. The second-order valence-electron chi connectivity index (χ2n) is 3.74. The summed E-state index contributed by atoms with van der Waals surface area (Å²) in [4.78, 5) is 11.4. The summed E-state index contributed by atoms with van der Waals surface area (Å²) < 4.78 is 42.4. The summed E-state index contributed by atoms with van der Waals surface area (Å²) in [7, 11) is 0. The zero-order valence-electron chi connectivity index (χ0n) is 8.64. The number of carbonyl (C=O) groups is 1. The number of hydrogen-bond donors (Lipinski definition) is 0. The molecule has 0 spiro atoms. The molecule has 0 aromatic rings. The largest absolute Gasteiger partial charge is 0.415 e. The van der Waals surface area contributed by atoms with Crippen LogP contribution in [-0.4, -0.2) is 24.7 Å². The Morgan fingerprint density at radius 3 is 2.60 bits per heavy atom. The first-order valence-electron chi connectivity index (χ1n) is 5.18. The van der Waals surface area contributed by atoms with Gasteiger partial charge in [0.25, 0.3) is 0 Å². The van der Waals surface area contributed by atoms with Gasteiger partial charge < -0.3 is 4.74 Å². The molecule has 0 aromatic heterocycles. The number of carbonyl (C=O) groups excluding carboxylic acids is 1. The van der Waals surface area contributed by atoms with E-state index in [0.717, 1.165) is 0 Å². The lowest BCUT2D eigenvalue weighted by atomic mass is 9.83. The number of alkyl halides is 3. The fraction of sp³-hybridized carbons (Fsp3) is 0.900. The molecular formula is C10H15F3O2. The van der Waals surface area contributed by atoms with Gasteiger partial charge in [0.05, 0.1) is 5.92 Å². The van der Waals surface area contributed by atoms with Crippen molar-refractivity contribution < 1.29 is 22.7 Å². The van der Waals surface area contributed by atoms with E-state index in [9.17, 15) is 18.0 Å². The van der Waals surface area contributed by atoms with E-state index in [2.05, 4.69) is 4.74 Å². The van der Waals surface area contributed by atoms with E-state index in [1.54, 1.807) is 0 Å². The highest BCUT2D eigenvalue weighted by molar-refractivity contribution is 5.82. The summed E-state index contributed by atoms with van der Waals surface area (Å²) in [5.74, 6) is -1.30. The van der Waals surface area contributed by atoms with Gasteiger partial charge in [-0.3, -0.25) is 4.79 Å². The zero-order valence-corrected chi connectivity index (χ0v) is 8.64. The molecule has 0 unspecified atom stereocenters. The van der Waals surface area contributed by atoms with Gasteiger partial charge in [-0.2, -0.15) is 13.2 Å². The molecule has 88 valence electrons. The summed E-state index contributed by atoms with van der Waals surface area (Å²) in [6, 6.07) is 0. The molecule has 1 aliphatic rings. The van der Waals surface area contributed by atoms with Crippen LogP contribution in [0, 0.1) is 5.92 Å². The van der Waals surface area contributed by atoms with E-state index in [0.29, 0.717) is 19.3 Å². The Morgan fingerprint density at radius 1 is 1.47 bits per heavy atom. The third-order valence-corrected chi connectivity index (χ3v) is 2.64. The standard InChI is InChI=1S/C10H15F3O2/c1-2-15-9(10(11,12)13)7-5-3-4-6-8(7)14/h7,9H,2-6H2,1H3/t7-,9+/m1/s1. The molecule has 1 fully saturated rings. The van der Waals surface area contributed by atoms with Crippen molar-refractivity contribution in [1.29, 1.82) is 0 Å². The van der Waals surface area contributed by atoms with Crippen LogP contribution in [0.2, 0.25) is 0 Å². The second-order valence-corrected chi connectivity index (χ2v) is 3.74. The average Bonchev–Trinajstić information content (AvgIpc) is 2.14. The molecule has 15 heavy (non-hydrogen) atoms. The van der Waals surface area contributed by atoms with Crippen LogP contribution in [0.5, 0.6) is 0 Å². The van der Waals surface area contributed by atoms with E-state index in [1.165, 1.54) is 6.92 Å². The summed E-state index contributed by atoms with van der Waals surface area (Å²) in [5, 5.41) is 0. The van der Waals surface area contributed by atoms with Crippen LogP contribution < -0.4 is 0 Å². The van der Waals surface area contributed by atoms with Crippen LogP contribution in [0.4, 0.5) is 13.2 Å². The van der Waals surface area contributed by atoms with Gasteiger partial charge in [-0.05, 0) is 19.8 Å². The molecule has 0 saturated heterocycles. The number of Topliss-reactive ketones (excluding diaryl/α,β-unsaturated/α-hetero) is 1. The van der Waals surface area contributed by atoms with Crippen LogP contribution >= 0.6 is 0 Å². The first-order valence-corrected chi connectivity index (χ1v) is 5.18. The lowest BCUT2D eigenvalue weighted by Gasteiger charge is -2.30. The highest BCUT2D eigenvalue weighted by Crippen LogP contribution is 2.34. The molecule has 0 N–H and O–H groups in total. The third-order valence-electron chi connectivity index (χ3n) is 2.64. The van der Waals surface area contributed by atoms with Crippen molar-refractivity contribution in [3.8, 4) is 0 Å². The Balaban J connectivity index is 2.73. The minimum absolute atomic E-state index is 0.0199. The number of ketones is 1. The summed E-state index contributed by atoms with van der Waals surface area (Å²) in [5.41, 5.74) is 0. The maximum absolute atomic E-state index is 12.6. The molecule has 1 rings (SSSR count).